The minimum atomic E-state index is -4.25. The van der Waals surface area contributed by atoms with E-state index in [-0.39, 0.29) is 9.92 Å². The van der Waals surface area contributed by atoms with Crippen molar-refractivity contribution in [1.82, 2.24) is 0 Å². The van der Waals surface area contributed by atoms with Gasteiger partial charge in [0.2, 0.25) is 0 Å². The molecule has 1 aromatic carbocycles. The van der Waals surface area contributed by atoms with Crippen molar-refractivity contribution in [2.45, 2.75) is 25.7 Å². The molecule has 0 spiro atoms. The summed E-state index contributed by atoms with van der Waals surface area (Å²) in [6.45, 7) is 6.54. The normalized spacial score (nSPS) is 10.3. The molecule has 1 aromatic rings. The predicted molar refractivity (Wildman–Crippen MR) is 66.8 cm³/mol. The molecule has 0 saturated heterocycles. The zero-order valence-corrected chi connectivity index (χ0v) is 11.1. The van der Waals surface area contributed by atoms with Crippen LogP contribution in [0.2, 0.25) is 5.02 Å². The number of rotatable bonds is 3. The summed E-state index contributed by atoms with van der Waals surface area (Å²) >= 11 is 5.61. The number of hydrogen-bond acceptors (Lipinski definition) is 3. The lowest BCUT2D eigenvalue weighted by molar-refractivity contribution is 0.483. The van der Waals surface area contributed by atoms with Gasteiger partial charge in [-0.15, -0.1) is 0 Å². The summed E-state index contributed by atoms with van der Waals surface area (Å²) < 4.78 is 30.5. The van der Waals surface area contributed by atoms with Gasteiger partial charge in [-0.05, 0) is 25.1 Å². The van der Waals surface area contributed by atoms with Crippen molar-refractivity contribution in [2.24, 2.45) is 0 Å². The van der Waals surface area contributed by atoms with Crippen LogP contribution in [-0.4, -0.2) is 19.5 Å². The van der Waals surface area contributed by atoms with E-state index in [1.807, 2.05) is 20.8 Å². The standard InChI is InChI=1S/C8H10ClNO3S.C2H6/c1-2-10-6-3-4-7(9)8(5-6)14(11,12)13;1-2/h3-5,10H,2H2,1H3,(H,11,12,13);1-2H3. The third-order valence-corrected chi connectivity index (χ3v) is 2.93. The van der Waals surface area contributed by atoms with Crippen molar-refractivity contribution < 1.29 is 13.0 Å². The second-order valence-electron chi connectivity index (χ2n) is 2.65. The molecule has 16 heavy (non-hydrogen) atoms. The maximum atomic E-state index is 10.9. The molecule has 0 bridgehead atoms. The van der Waals surface area contributed by atoms with Crippen LogP contribution in [0.25, 0.3) is 0 Å². The quantitative estimate of drug-likeness (QED) is 0.825. The van der Waals surface area contributed by atoms with Crippen LogP contribution >= 0.6 is 11.6 Å². The third kappa shape index (κ3) is 4.38. The van der Waals surface area contributed by atoms with Gasteiger partial charge in [-0.2, -0.15) is 8.42 Å². The largest absolute Gasteiger partial charge is 0.385 e. The van der Waals surface area contributed by atoms with E-state index in [1.165, 1.54) is 12.1 Å². The Kier molecular flexibility index (Phi) is 6.40. The summed E-state index contributed by atoms with van der Waals surface area (Å²) in [4.78, 5) is -0.280. The number of benzene rings is 1. The van der Waals surface area contributed by atoms with Crippen LogP contribution in [0.1, 0.15) is 20.8 Å². The molecule has 0 aliphatic rings. The molecule has 0 amide bonds. The summed E-state index contributed by atoms with van der Waals surface area (Å²) in [7, 11) is -4.25. The minimum Gasteiger partial charge on any atom is -0.385 e. The fourth-order valence-corrected chi connectivity index (χ4v) is 2.02. The topological polar surface area (TPSA) is 66.4 Å². The van der Waals surface area contributed by atoms with Crippen LogP contribution in [0.15, 0.2) is 23.1 Å². The number of anilines is 1. The Hall–Kier alpha value is -0.780. The van der Waals surface area contributed by atoms with Crippen LogP contribution in [0.3, 0.4) is 0 Å². The SMILES string of the molecule is CC.CCNc1ccc(Cl)c(S(=O)(=O)O)c1. The fourth-order valence-electron chi connectivity index (χ4n) is 1.02. The van der Waals surface area contributed by atoms with E-state index in [0.29, 0.717) is 12.2 Å². The van der Waals surface area contributed by atoms with Crippen LogP contribution < -0.4 is 5.32 Å². The molecule has 0 unspecified atom stereocenters. The highest BCUT2D eigenvalue weighted by molar-refractivity contribution is 7.86. The molecule has 1 rings (SSSR count). The van der Waals surface area contributed by atoms with Gasteiger partial charge in [-0.25, -0.2) is 0 Å². The minimum absolute atomic E-state index is 0.00848. The van der Waals surface area contributed by atoms with E-state index in [9.17, 15) is 8.42 Å². The maximum Gasteiger partial charge on any atom is 0.296 e. The van der Waals surface area contributed by atoms with Gasteiger partial charge in [0.25, 0.3) is 10.1 Å². The number of hydrogen-bond donors (Lipinski definition) is 2. The van der Waals surface area contributed by atoms with Gasteiger partial charge in [0.1, 0.15) is 4.90 Å². The Balaban J connectivity index is 0.00000106. The molecular weight excluding hydrogens is 250 g/mol. The van der Waals surface area contributed by atoms with E-state index in [0.717, 1.165) is 0 Å². The van der Waals surface area contributed by atoms with Gasteiger partial charge in [-0.3, -0.25) is 4.55 Å². The average Bonchev–Trinajstić information content (AvgIpc) is 2.23. The number of halogens is 1. The highest BCUT2D eigenvalue weighted by atomic mass is 35.5. The van der Waals surface area contributed by atoms with E-state index >= 15 is 0 Å². The lowest BCUT2D eigenvalue weighted by Gasteiger charge is -2.05. The molecule has 0 aliphatic heterocycles. The molecular formula is C10H16ClNO3S. The summed E-state index contributed by atoms with van der Waals surface area (Å²) in [5, 5.41) is 2.92. The zero-order chi connectivity index (χ0) is 12.8. The summed E-state index contributed by atoms with van der Waals surface area (Å²) in [6, 6.07) is 4.35. The lowest BCUT2D eigenvalue weighted by atomic mass is 10.3. The Bertz CT molecular complexity index is 432. The van der Waals surface area contributed by atoms with Gasteiger partial charge >= 0.3 is 0 Å². The van der Waals surface area contributed by atoms with Gasteiger partial charge in [0.05, 0.1) is 5.02 Å². The van der Waals surface area contributed by atoms with Crippen LogP contribution in [-0.2, 0) is 10.1 Å². The van der Waals surface area contributed by atoms with E-state index in [1.54, 1.807) is 6.07 Å². The van der Waals surface area contributed by atoms with E-state index < -0.39 is 10.1 Å². The van der Waals surface area contributed by atoms with Crippen molar-refractivity contribution in [3.63, 3.8) is 0 Å². The van der Waals surface area contributed by atoms with Gasteiger partial charge < -0.3 is 5.32 Å². The monoisotopic (exact) mass is 265 g/mol. The highest BCUT2D eigenvalue weighted by Crippen LogP contribution is 2.24. The maximum absolute atomic E-state index is 10.9. The van der Waals surface area contributed by atoms with Gasteiger partial charge in [0.15, 0.2) is 0 Å². The van der Waals surface area contributed by atoms with Crippen molar-refractivity contribution in [3.8, 4) is 0 Å². The first-order valence-electron chi connectivity index (χ1n) is 4.96. The fraction of sp³-hybridized carbons (Fsp3) is 0.400. The smallest absolute Gasteiger partial charge is 0.296 e. The first-order valence-corrected chi connectivity index (χ1v) is 6.78. The Morgan fingerprint density at radius 2 is 1.94 bits per heavy atom. The molecule has 6 heteroatoms. The first kappa shape index (κ1) is 15.2. The Morgan fingerprint density at radius 3 is 2.38 bits per heavy atom. The lowest BCUT2D eigenvalue weighted by Crippen LogP contribution is -2.02. The molecule has 4 nitrogen and oxygen atoms in total. The van der Waals surface area contributed by atoms with E-state index in [4.69, 9.17) is 16.2 Å². The molecule has 0 radical (unpaired) electrons. The van der Waals surface area contributed by atoms with Crippen molar-refractivity contribution >= 4 is 27.4 Å². The van der Waals surface area contributed by atoms with Gasteiger partial charge in [0, 0.05) is 12.2 Å². The molecule has 0 aromatic heterocycles. The summed E-state index contributed by atoms with van der Waals surface area (Å²) in [5.74, 6) is 0. The van der Waals surface area contributed by atoms with Crippen molar-refractivity contribution in [3.05, 3.63) is 23.2 Å². The van der Waals surface area contributed by atoms with Crippen LogP contribution in [0, 0.1) is 0 Å². The molecule has 0 heterocycles. The predicted octanol–water partition coefficient (Wildman–Crippen LogP) is 3.04. The molecule has 92 valence electrons. The molecule has 0 saturated carbocycles. The first-order chi connectivity index (χ1) is 7.45. The highest BCUT2D eigenvalue weighted by Gasteiger charge is 2.14. The number of nitrogens with one attached hydrogen (secondary N) is 1. The molecule has 0 fully saturated rings. The molecule has 2 N–H and O–H groups in total. The van der Waals surface area contributed by atoms with E-state index in [2.05, 4.69) is 5.32 Å². The Labute approximate surface area is 101 Å². The third-order valence-electron chi connectivity index (χ3n) is 1.59. The van der Waals surface area contributed by atoms with Crippen LogP contribution in [0.5, 0.6) is 0 Å². The summed E-state index contributed by atoms with van der Waals surface area (Å²) in [5.41, 5.74) is 0.601. The second-order valence-corrected chi connectivity index (χ2v) is 4.45. The van der Waals surface area contributed by atoms with Crippen LogP contribution in [0.4, 0.5) is 5.69 Å². The average molecular weight is 266 g/mol. The molecule has 0 aliphatic carbocycles. The Morgan fingerprint density at radius 1 is 1.38 bits per heavy atom. The zero-order valence-electron chi connectivity index (χ0n) is 9.49. The molecule has 0 atom stereocenters. The second kappa shape index (κ2) is 6.73. The van der Waals surface area contributed by atoms with Gasteiger partial charge in [-0.1, -0.05) is 25.4 Å². The summed E-state index contributed by atoms with van der Waals surface area (Å²) in [6.07, 6.45) is 0. The van der Waals surface area contributed by atoms with Crippen molar-refractivity contribution in [1.29, 1.82) is 0 Å². The van der Waals surface area contributed by atoms with Crippen molar-refractivity contribution in [2.75, 3.05) is 11.9 Å².